The Morgan fingerprint density at radius 1 is 1.21 bits per heavy atom. The van der Waals surface area contributed by atoms with E-state index in [0.717, 1.165) is 6.42 Å². The van der Waals surface area contributed by atoms with Crippen LogP contribution < -0.4 is 0 Å². The number of hydrogen-bond donors (Lipinski definition) is 1. The fourth-order valence-electron chi connectivity index (χ4n) is 2.31. The largest absolute Gasteiger partial charge is 0.286 e. The van der Waals surface area contributed by atoms with Crippen molar-refractivity contribution in [3.8, 4) is 0 Å². The third-order valence-electron chi connectivity index (χ3n) is 3.24. The summed E-state index contributed by atoms with van der Waals surface area (Å²) in [5.74, 6) is -0.0581. The third kappa shape index (κ3) is 4.57. The van der Waals surface area contributed by atoms with Crippen LogP contribution in [0.15, 0.2) is 0 Å². The quantitative estimate of drug-likeness (QED) is 0.453. The van der Waals surface area contributed by atoms with Crippen molar-refractivity contribution >= 4 is 18.2 Å². The second-order valence-corrected chi connectivity index (χ2v) is 11.5. The van der Waals surface area contributed by atoms with Crippen LogP contribution >= 0.6 is 0 Å². The Morgan fingerprint density at radius 3 is 2.29 bits per heavy atom. The smallest absolute Gasteiger partial charge is 0.264 e. The van der Waals surface area contributed by atoms with E-state index in [1.165, 1.54) is 31.0 Å². The van der Waals surface area contributed by atoms with Crippen LogP contribution in [0.5, 0.6) is 0 Å². The molecule has 5 heteroatoms. The first-order valence-electron chi connectivity index (χ1n) is 5.37. The minimum absolute atomic E-state index is 0.0581. The summed E-state index contributed by atoms with van der Waals surface area (Å²) in [5, 5.41) is 0. The van der Waals surface area contributed by atoms with Crippen molar-refractivity contribution < 1.29 is 13.0 Å². The van der Waals surface area contributed by atoms with Crippen LogP contribution in [0, 0.1) is 0 Å². The van der Waals surface area contributed by atoms with Gasteiger partial charge in [-0.15, -0.1) is 8.07 Å². The molecule has 3 nitrogen and oxygen atoms in total. The van der Waals surface area contributed by atoms with E-state index >= 15 is 0 Å². The summed E-state index contributed by atoms with van der Waals surface area (Å²) in [6, 6.07) is 4.07. The summed E-state index contributed by atoms with van der Waals surface area (Å²) in [7, 11) is -4.68. The second-order valence-electron chi connectivity index (χ2n) is 4.76. The van der Waals surface area contributed by atoms with Crippen LogP contribution in [-0.4, -0.2) is 26.8 Å². The summed E-state index contributed by atoms with van der Waals surface area (Å²) < 4.78 is 29.5. The van der Waals surface area contributed by atoms with E-state index < -0.39 is 18.2 Å². The molecule has 0 amide bonds. The fraction of sp³-hybridized carbons (Fsp3) is 1.00. The molecule has 85 valence electrons. The van der Waals surface area contributed by atoms with Crippen LogP contribution in [0.25, 0.3) is 0 Å². The SMILES string of the molecule is C[Si-]1(CCCCS(=O)(=O)O)CCCC1. The van der Waals surface area contributed by atoms with Crippen molar-refractivity contribution in [3.63, 3.8) is 0 Å². The zero-order valence-corrected chi connectivity index (χ0v) is 10.6. The van der Waals surface area contributed by atoms with Crippen LogP contribution in [0.1, 0.15) is 25.7 Å². The van der Waals surface area contributed by atoms with Gasteiger partial charge in [0.2, 0.25) is 0 Å². The maximum absolute atomic E-state index is 10.5. The molecular weight excluding hydrogens is 216 g/mol. The summed E-state index contributed by atoms with van der Waals surface area (Å²) in [6.07, 6.45) is 4.35. The van der Waals surface area contributed by atoms with E-state index in [9.17, 15) is 8.42 Å². The molecule has 1 heterocycles. The average molecular weight is 236 g/mol. The first kappa shape index (κ1) is 12.2. The maximum atomic E-state index is 10.5. The van der Waals surface area contributed by atoms with E-state index in [1.54, 1.807) is 0 Å². The molecule has 1 saturated heterocycles. The number of rotatable bonds is 5. The second kappa shape index (κ2) is 4.77. The minimum Gasteiger partial charge on any atom is -0.286 e. The van der Waals surface area contributed by atoms with Gasteiger partial charge in [-0.3, -0.25) is 4.55 Å². The standard InChI is InChI=1S/C9H20O3SSi/c1-14(8-4-5-9-14)7-3-2-6-13(10,11)12/h2-9H2,1H3,(H,10,11,12)/q-1. The lowest BCUT2D eigenvalue weighted by molar-refractivity contribution is 0.480. The lowest BCUT2D eigenvalue weighted by atomic mass is 10.4. The van der Waals surface area contributed by atoms with E-state index in [4.69, 9.17) is 4.55 Å². The summed E-state index contributed by atoms with van der Waals surface area (Å²) in [6.45, 7) is 2.42. The molecule has 0 aromatic heterocycles. The molecule has 0 bridgehead atoms. The first-order valence-corrected chi connectivity index (χ1v) is 10.1. The molecule has 14 heavy (non-hydrogen) atoms. The van der Waals surface area contributed by atoms with Gasteiger partial charge in [0.15, 0.2) is 0 Å². The lowest BCUT2D eigenvalue weighted by Crippen LogP contribution is -2.24. The molecule has 1 aliphatic heterocycles. The fourth-order valence-corrected chi connectivity index (χ4v) is 6.94. The van der Waals surface area contributed by atoms with Gasteiger partial charge < -0.3 is 0 Å². The molecule has 0 spiro atoms. The van der Waals surface area contributed by atoms with Crippen molar-refractivity contribution in [2.45, 2.75) is 50.4 Å². The van der Waals surface area contributed by atoms with E-state index in [2.05, 4.69) is 6.55 Å². The molecule has 0 atom stereocenters. The van der Waals surface area contributed by atoms with Gasteiger partial charge in [-0.1, -0.05) is 19.3 Å². The third-order valence-corrected chi connectivity index (χ3v) is 8.73. The predicted octanol–water partition coefficient (Wildman–Crippen LogP) is 2.53. The molecule has 0 aliphatic carbocycles. The van der Waals surface area contributed by atoms with Crippen molar-refractivity contribution in [2.24, 2.45) is 0 Å². The number of hydrogen-bond acceptors (Lipinski definition) is 2. The molecule has 0 saturated carbocycles. The average Bonchev–Trinajstić information content (AvgIpc) is 2.45. The Bertz CT molecular complexity index is 268. The monoisotopic (exact) mass is 236 g/mol. The van der Waals surface area contributed by atoms with Crippen LogP contribution in [-0.2, 0) is 10.1 Å². The van der Waals surface area contributed by atoms with Crippen molar-refractivity contribution in [3.05, 3.63) is 0 Å². The van der Waals surface area contributed by atoms with Gasteiger partial charge in [0, 0.05) is 0 Å². The summed E-state index contributed by atoms with van der Waals surface area (Å²) >= 11 is 0. The highest BCUT2D eigenvalue weighted by molar-refractivity contribution is 7.85. The molecular formula is C9H20O3SSi-. The lowest BCUT2D eigenvalue weighted by Gasteiger charge is -2.32. The predicted molar refractivity (Wildman–Crippen MR) is 60.9 cm³/mol. The van der Waals surface area contributed by atoms with E-state index in [-0.39, 0.29) is 5.75 Å². The zero-order valence-electron chi connectivity index (χ0n) is 8.83. The van der Waals surface area contributed by atoms with Gasteiger partial charge in [0.25, 0.3) is 10.1 Å². The van der Waals surface area contributed by atoms with Gasteiger partial charge in [0.05, 0.1) is 5.75 Å². The van der Waals surface area contributed by atoms with Gasteiger partial charge in [0.1, 0.15) is 0 Å². The highest BCUT2D eigenvalue weighted by Gasteiger charge is 2.18. The van der Waals surface area contributed by atoms with Gasteiger partial charge in [-0.2, -0.15) is 33.1 Å². The molecule has 0 radical (unpaired) electrons. The highest BCUT2D eigenvalue weighted by atomic mass is 32.2. The minimum atomic E-state index is -3.72. The molecule has 0 aromatic carbocycles. The highest BCUT2D eigenvalue weighted by Crippen LogP contribution is 2.34. The Hall–Kier alpha value is 0.127. The molecule has 1 rings (SSSR count). The Kier molecular flexibility index (Phi) is 4.15. The molecule has 0 aromatic rings. The molecule has 1 N–H and O–H groups in total. The van der Waals surface area contributed by atoms with E-state index in [0.29, 0.717) is 6.42 Å². The number of unbranched alkanes of at least 4 members (excludes halogenated alkanes) is 1. The van der Waals surface area contributed by atoms with Crippen molar-refractivity contribution in [1.29, 1.82) is 0 Å². The molecule has 1 fully saturated rings. The van der Waals surface area contributed by atoms with Crippen molar-refractivity contribution in [1.82, 2.24) is 0 Å². The molecule has 0 unspecified atom stereocenters. The Morgan fingerprint density at radius 2 is 1.79 bits per heavy atom. The first-order chi connectivity index (χ1) is 6.41. The normalized spacial score (nSPS) is 21.3. The van der Waals surface area contributed by atoms with Gasteiger partial charge in [-0.05, 0) is 6.42 Å². The van der Waals surface area contributed by atoms with Crippen LogP contribution in [0.2, 0.25) is 24.7 Å². The Balaban J connectivity index is 2.15. The molecule has 1 aliphatic rings. The Labute approximate surface area is 87.7 Å². The topological polar surface area (TPSA) is 54.4 Å². The van der Waals surface area contributed by atoms with Crippen LogP contribution in [0.3, 0.4) is 0 Å². The zero-order chi connectivity index (χ0) is 10.7. The summed E-state index contributed by atoms with van der Waals surface area (Å²) in [4.78, 5) is 0. The summed E-state index contributed by atoms with van der Waals surface area (Å²) in [5.41, 5.74) is 0. The maximum Gasteiger partial charge on any atom is 0.264 e. The van der Waals surface area contributed by atoms with Crippen molar-refractivity contribution in [2.75, 3.05) is 5.75 Å². The van der Waals surface area contributed by atoms with E-state index in [1.807, 2.05) is 0 Å². The van der Waals surface area contributed by atoms with Gasteiger partial charge >= 0.3 is 0 Å². The van der Waals surface area contributed by atoms with Gasteiger partial charge in [-0.25, -0.2) is 0 Å². The van der Waals surface area contributed by atoms with Crippen LogP contribution in [0.4, 0.5) is 0 Å².